The summed E-state index contributed by atoms with van der Waals surface area (Å²) < 4.78 is 24.7. The highest BCUT2D eigenvalue weighted by atomic mass is 28.5. The molecule has 0 saturated heterocycles. The average molecular weight is 385 g/mol. The number of rotatable bonds is 11. The van der Waals surface area contributed by atoms with E-state index in [-0.39, 0.29) is 6.61 Å². The molecule has 1 N–H and O–H groups in total. The zero-order chi connectivity index (χ0) is 17.7. The quantitative estimate of drug-likeness (QED) is 0.436. The minimum Gasteiger partial charge on any atom is -0.437 e. The molecule has 9 heteroatoms. The number of hydrogen-bond acceptors (Lipinski definition) is 5. The van der Waals surface area contributed by atoms with Crippen LogP contribution in [-0.2, 0) is 17.1 Å². The summed E-state index contributed by atoms with van der Waals surface area (Å²) in [6, 6.07) is 0.767. The van der Waals surface area contributed by atoms with Crippen LogP contribution in [0, 0.1) is 0 Å². The first-order valence-electron chi connectivity index (χ1n) is 7.97. The molecule has 0 aromatic heterocycles. The molecule has 1 atom stereocenters. The molecule has 0 amide bonds. The van der Waals surface area contributed by atoms with E-state index in [2.05, 4.69) is 58.9 Å². The van der Waals surface area contributed by atoms with Gasteiger partial charge < -0.3 is 22.2 Å². The first-order valence-corrected chi connectivity index (χ1v) is 20.1. The summed E-state index contributed by atoms with van der Waals surface area (Å²) in [7, 11) is -7.94. The van der Waals surface area contributed by atoms with Crippen LogP contribution >= 0.6 is 0 Å². The Balaban J connectivity index is 4.90. The molecule has 0 fully saturated rings. The molecule has 134 valence electrons. The molecule has 22 heavy (non-hydrogen) atoms. The number of ether oxygens (including phenoxy) is 1. The number of aliphatic hydroxyl groups excluding tert-OH is 1. The molecule has 0 spiro atoms. The van der Waals surface area contributed by atoms with Crippen LogP contribution in [0.25, 0.3) is 0 Å². The zero-order valence-corrected chi connectivity index (χ0v) is 19.9. The van der Waals surface area contributed by atoms with Gasteiger partial charge in [0.05, 0.1) is 13.2 Å². The van der Waals surface area contributed by atoms with E-state index < -0.39 is 33.8 Å². The van der Waals surface area contributed by atoms with E-state index in [1.54, 1.807) is 0 Å². The van der Waals surface area contributed by atoms with Crippen LogP contribution in [0.15, 0.2) is 0 Å². The maximum Gasteiger partial charge on any atom is 0.318 e. The van der Waals surface area contributed by atoms with Crippen molar-refractivity contribution in [2.75, 3.05) is 19.8 Å². The third-order valence-electron chi connectivity index (χ3n) is 2.47. The normalized spacial score (nSPS) is 16.6. The molecule has 0 heterocycles. The van der Waals surface area contributed by atoms with E-state index in [0.717, 1.165) is 6.04 Å². The third-order valence-corrected chi connectivity index (χ3v) is 15.9. The first kappa shape index (κ1) is 22.7. The van der Waals surface area contributed by atoms with Crippen molar-refractivity contribution in [3.63, 3.8) is 0 Å². The maximum atomic E-state index is 8.82. The van der Waals surface area contributed by atoms with Crippen molar-refractivity contribution < 1.29 is 22.2 Å². The lowest BCUT2D eigenvalue weighted by atomic mass is 10.7. The zero-order valence-electron chi connectivity index (χ0n) is 15.9. The van der Waals surface area contributed by atoms with E-state index in [4.69, 9.17) is 22.2 Å². The average Bonchev–Trinajstić information content (AvgIpc) is 2.16. The van der Waals surface area contributed by atoms with Gasteiger partial charge in [0.25, 0.3) is 0 Å². The summed E-state index contributed by atoms with van der Waals surface area (Å²) >= 11 is 0. The van der Waals surface area contributed by atoms with Gasteiger partial charge in [-0.1, -0.05) is 0 Å². The molecular weight excluding hydrogens is 348 g/mol. The van der Waals surface area contributed by atoms with Crippen LogP contribution in [0.3, 0.4) is 0 Å². The fourth-order valence-corrected chi connectivity index (χ4v) is 20.1. The van der Waals surface area contributed by atoms with Gasteiger partial charge in [-0.3, -0.25) is 0 Å². The van der Waals surface area contributed by atoms with Crippen molar-refractivity contribution in [3.8, 4) is 0 Å². The minimum absolute atomic E-state index is 0.0486. The van der Waals surface area contributed by atoms with E-state index in [1.807, 2.05) is 0 Å². The molecule has 0 aromatic rings. The van der Waals surface area contributed by atoms with E-state index in [1.165, 1.54) is 0 Å². The lowest BCUT2D eigenvalue weighted by molar-refractivity contribution is 0.0978. The highest BCUT2D eigenvalue weighted by Crippen LogP contribution is 2.26. The Morgan fingerprint density at radius 3 is 1.59 bits per heavy atom. The van der Waals surface area contributed by atoms with Crippen LogP contribution in [0.1, 0.15) is 0 Å². The maximum absolute atomic E-state index is 8.82. The van der Waals surface area contributed by atoms with Crippen LogP contribution in [-0.4, -0.2) is 58.7 Å². The Hall–Kier alpha value is 0.668. The third kappa shape index (κ3) is 12.1. The van der Waals surface area contributed by atoms with Crippen molar-refractivity contribution >= 4 is 33.8 Å². The van der Waals surface area contributed by atoms with Gasteiger partial charge in [0.1, 0.15) is 0 Å². The van der Waals surface area contributed by atoms with Gasteiger partial charge in [0, 0.05) is 12.7 Å². The molecule has 0 radical (unpaired) electrons. The molecule has 5 nitrogen and oxygen atoms in total. The summed E-state index contributed by atoms with van der Waals surface area (Å²) in [6.07, 6.45) is 0. The fraction of sp³-hybridized carbons (Fsp3) is 1.00. The lowest BCUT2D eigenvalue weighted by Gasteiger charge is -2.41. The minimum atomic E-state index is -2.36. The second-order valence-corrected chi connectivity index (χ2v) is 24.6. The van der Waals surface area contributed by atoms with Crippen LogP contribution < -0.4 is 0 Å². The van der Waals surface area contributed by atoms with E-state index >= 15 is 0 Å². The molecule has 0 aliphatic rings. The Labute approximate surface area is 141 Å². The van der Waals surface area contributed by atoms with Crippen molar-refractivity contribution in [3.05, 3.63) is 0 Å². The molecule has 0 aromatic carbocycles. The van der Waals surface area contributed by atoms with Crippen LogP contribution in [0.5, 0.6) is 0 Å². The molecule has 0 rings (SSSR count). The van der Waals surface area contributed by atoms with Gasteiger partial charge in [-0.15, -0.1) is 0 Å². The predicted molar refractivity (Wildman–Crippen MR) is 102 cm³/mol. The fourth-order valence-electron chi connectivity index (χ4n) is 2.47. The van der Waals surface area contributed by atoms with Crippen molar-refractivity contribution in [1.29, 1.82) is 0 Å². The van der Waals surface area contributed by atoms with Crippen LogP contribution in [0.2, 0.25) is 65.0 Å². The predicted octanol–water partition coefficient (Wildman–Crippen LogP) is 3.49. The Kier molecular flexibility index (Phi) is 8.94. The molecule has 1 unspecified atom stereocenters. The van der Waals surface area contributed by atoms with Crippen molar-refractivity contribution in [2.45, 2.75) is 65.0 Å². The molecular formula is C13H36O5Si4. The van der Waals surface area contributed by atoms with Crippen molar-refractivity contribution in [2.24, 2.45) is 0 Å². The molecule has 0 saturated carbocycles. The summed E-state index contributed by atoms with van der Waals surface area (Å²) in [5.41, 5.74) is 0. The van der Waals surface area contributed by atoms with Gasteiger partial charge >= 0.3 is 17.1 Å². The molecule has 0 bridgehead atoms. The monoisotopic (exact) mass is 384 g/mol. The summed E-state index contributed by atoms with van der Waals surface area (Å²) in [5.74, 6) is 0. The largest absolute Gasteiger partial charge is 0.437 e. The summed E-state index contributed by atoms with van der Waals surface area (Å²) in [5, 5.41) is 8.82. The smallest absolute Gasteiger partial charge is 0.318 e. The topological polar surface area (TPSA) is 57.2 Å². The highest BCUT2D eigenvalue weighted by Gasteiger charge is 2.44. The highest BCUT2D eigenvalue weighted by molar-refractivity contribution is 6.89. The van der Waals surface area contributed by atoms with Gasteiger partial charge in [-0.25, -0.2) is 0 Å². The Bertz CT molecular complexity index is 327. The van der Waals surface area contributed by atoms with E-state index in [0.29, 0.717) is 13.2 Å². The molecule has 0 aliphatic heterocycles. The first-order chi connectivity index (χ1) is 9.68. The van der Waals surface area contributed by atoms with Gasteiger partial charge in [0.2, 0.25) is 0 Å². The summed E-state index contributed by atoms with van der Waals surface area (Å²) in [6.45, 7) is 20.4. The number of hydrogen-bond donors (Lipinski definition) is 1. The molecule has 0 aliphatic carbocycles. The SMILES string of the molecule is C[Si](C)(C)O[Si](C)(C)O[Si](C)(CCOCCO)O[Si](C)(C)C. The standard InChI is InChI=1S/C13H36O5Si4/c1-19(2,3)16-21(7,8)18-22(9,17-20(4,5)6)13-12-15-11-10-14/h14H,10-13H2,1-9H3. The Morgan fingerprint density at radius 1 is 0.682 bits per heavy atom. The van der Waals surface area contributed by atoms with Gasteiger partial charge in [-0.2, -0.15) is 0 Å². The van der Waals surface area contributed by atoms with E-state index in [9.17, 15) is 0 Å². The number of aliphatic hydroxyl groups is 1. The summed E-state index contributed by atoms with van der Waals surface area (Å²) in [4.78, 5) is 0. The van der Waals surface area contributed by atoms with Gasteiger partial charge in [0.15, 0.2) is 16.6 Å². The second-order valence-electron chi connectivity index (χ2n) is 8.15. The van der Waals surface area contributed by atoms with Crippen molar-refractivity contribution in [1.82, 2.24) is 0 Å². The Morgan fingerprint density at radius 2 is 1.18 bits per heavy atom. The van der Waals surface area contributed by atoms with Crippen LogP contribution in [0.4, 0.5) is 0 Å². The van der Waals surface area contributed by atoms with Gasteiger partial charge in [-0.05, 0) is 58.9 Å². The second kappa shape index (κ2) is 8.67. The lowest BCUT2D eigenvalue weighted by Crippen LogP contribution is -2.57.